The van der Waals surface area contributed by atoms with Crippen LogP contribution in [0.25, 0.3) is 21.9 Å². The highest BCUT2D eigenvalue weighted by molar-refractivity contribution is 9.10. The summed E-state index contributed by atoms with van der Waals surface area (Å²) in [6, 6.07) is 15.0. The van der Waals surface area contributed by atoms with Crippen molar-refractivity contribution in [2.24, 2.45) is 0 Å². The van der Waals surface area contributed by atoms with E-state index >= 15 is 0 Å². The molecule has 0 atom stereocenters. The quantitative estimate of drug-likeness (QED) is 0.214. The Hall–Kier alpha value is -2.20. The number of hydrogen-bond acceptors (Lipinski definition) is 3. The Morgan fingerprint density at radius 2 is 1.21 bits per heavy atom. The molecule has 3 nitrogen and oxygen atoms in total. The van der Waals surface area contributed by atoms with Gasteiger partial charge in [0.1, 0.15) is 17.2 Å². The lowest BCUT2D eigenvalue weighted by Crippen LogP contribution is -1.95. The summed E-state index contributed by atoms with van der Waals surface area (Å²) in [6.07, 6.45) is 11.9. The van der Waals surface area contributed by atoms with Gasteiger partial charge >= 0.3 is 0 Å². The fourth-order valence-electron chi connectivity index (χ4n) is 4.40. The third-order valence-electron chi connectivity index (χ3n) is 6.31. The van der Waals surface area contributed by atoms with E-state index in [0.29, 0.717) is 0 Å². The lowest BCUT2D eigenvalue weighted by molar-refractivity contribution is 0.400. The maximum atomic E-state index is 5.80. The normalized spacial score (nSPS) is 11.1. The number of fused-ring (bicyclic) bond motifs is 1. The first-order valence-electron chi connectivity index (χ1n) is 12.1. The van der Waals surface area contributed by atoms with Gasteiger partial charge in [0.2, 0.25) is 0 Å². The first-order chi connectivity index (χ1) is 16.1. The lowest BCUT2D eigenvalue weighted by Gasteiger charge is -2.16. The molecule has 3 aromatic rings. The summed E-state index contributed by atoms with van der Waals surface area (Å²) >= 11 is 3.55. The van der Waals surface area contributed by atoms with Crippen molar-refractivity contribution in [2.45, 2.75) is 64.7 Å². The molecule has 0 spiro atoms. The molecule has 0 fully saturated rings. The largest absolute Gasteiger partial charge is 0.496 e. The molecular weight excluding hydrogens is 476 g/mol. The van der Waals surface area contributed by atoms with Crippen molar-refractivity contribution >= 4 is 26.7 Å². The van der Waals surface area contributed by atoms with Crippen molar-refractivity contribution in [3.63, 3.8) is 0 Å². The average molecular weight is 514 g/mol. The molecule has 0 aliphatic heterocycles. The fraction of sp³-hybridized carbons (Fsp3) is 0.448. The molecular formula is C29H37BrO3. The van der Waals surface area contributed by atoms with E-state index in [1.807, 2.05) is 12.1 Å². The SMILES string of the molecule is CCCCCCCCCCc1ccc2cc(-c3cc(OC)c(Br)cc3OC)c(OC)cc2c1. The first-order valence-corrected chi connectivity index (χ1v) is 12.9. The molecule has 3 rings (SSSR count). The Labute approximate surface area is 207 Å². The number of rotatable bonds is 13. The standard InChI is InChI=1S/C29H37BrO3/c1-5-6-7-8-9-10-11-12-13-21-14-15-22-17-24(27(31-2)18-23(22)16-21)25-19-29(33-4)26(30)20-28(25)32-3/h14-20H,5-13H2,1-4H3. The summed E-state index contributed by atoms with van der Waals surface area (Å²) in [4.78, 5) is 0. The van der Waals surface area contributed by atoms with E-state index < -0.39 is 0 Å². The molecule has 0 amide bonds. The highest BCUT2D eigenvalue weighted by Crippen LogP contribution is 2.43. The third-order valence-corrected chi connectivity index (χ3v) is 6.93. The van der Waals surface area contributed by atoms with Crippen LogP contribution in [0.4, 0.5) is 0 Å². The zero-order valence-electron chi connectivity index (χ0n) is 20.5. The smallest absolute Gasteiger partial charge is 0.133 e. The van der Waals surface area contributed by atoms with Gasteiger partial charge in [0, 0.05) is 11.1 Å². The van der Waals surface area contributed by atoms with Gasteiger partial charge in [0.25, 0.3) is 0 Å². The number of ether oxygens (including phenoxy) is 3. The van der Waals surface area contributed by atoms with Gasteiger partial charge in [0.05, 0.1) is 25.8 Å². The molecule has 0 saturated carbocycles. The molecule has 0 saturated heterocycles. The Bertz CT molecular complexity index is 1040. The summed E-state index contributed by atoms with van der Waals surface area (Å²) in [5, 5.41) is 2.39. The van der Waals surface area contributed by atoms with Crippen molar-refractivity contribution in [3.05, 3.63) is 52.5 Å². The molecule has 4 heteroatoms. The van der Waals surface area contributed by atoms with Gasteiger partial charge in [-0.25, -0.2) is 0 Å². The van der Waals surface area contributed by atoms with Crippen molar-refractivity contribution in [1.82, 2.24) is 0 Å². The van der Waals surface area contributed by atoms with Crippen LogP contribution in [0, 0.1) is 0 Å². The van der Waals surface area contributed by atoms with Crippen LogP contribution < -0.4 is 14.2 Å². The summed E-state index contributed by atoms with van der Waals surface area (Å²) in [5.41, 5.74) is 3.33. The molecule has 0 radical (unpaired) electrons. The number of halogens is 1. The minimum atomic E-state index is 0.758. The van der Waals surface area contributed by atoms with Crippen LogP contribution in [-0.2, 0) is 6.42 Å². The van der Waals surface area contributed by atoms with E-state index in [1.165, 1.54) is 67.7 Å². The van der Waals surface area contributed by atoms with E-state index in [-0.39, 0.29) is 0 Å². The Morgan fingerprint density at radius 3 is 1.88 bits per heavy atom. The summed E-state index contributed by atoms with van der Waals surface area (Å²) in [6.45, 7) is 2.27. The Morgan fingerprint density at radius 1 is 0.606 bits per heavy atom. The molecule has 178 valence electrons. The van der Waals surface area contributed by atoms with E-state index in [9.17, 15) is 0 Å². The van der Waals surface area contributed by atoms with Crippen LogP contribution >= 0.6 is 15.9 Å². The van der Waals surface area contributed by atoms with Gasteiger partial charge in [-0.2, -0.15) is 0 Å². The van der Waals surface area contributed by atoms with E-state index in [1.54, 1.807) is 21.3 Å². The van der Waals surface area contributed by atoms with E-state index in [2.05, 4.69) is 53.2 Å². The molecule has 33 heavy (non-hydrogen) atoms. The zero-order chi connectivity index (χ0) is 23.6. The number of unbranched alkanes of at least 4 members (excludes halogenated alkanes) is 7. The van der Waals surface area contributed by atoms with Crippen LogP contribution in [0.15, 0.2) is 46.9 Å². The van der Waals surface area contributed by atoms with Crippen LogP contribution in [0.3, 0.4) is 0 Å². The maximum Gasteiger partial charge on any atom is 0.133 e. The van der Waals surface area contributed by atoms with Gasteiger partial charge in [0.15, 0.2) is 0 Å². The van der Waals surface area contributed by atoms with Crippen molar-refractivity contribution in [3.8, 4) is 28.4 Å². The third kappa shape index (κ3) is 6.66. The second-order valence-corrected chi connectivity index (χ2v) is 9.50. The number of benzene rings is 3. The topological polar surface area (TPSA) is 27.7 Å². The summed E-state index contributed by atoms with van der Waals surface area (Å²) in [5.74, 6) is 2.36. The first kappa shape index (κ1) is 25.4. The van der Waals surface area contributed by atoms with E-state index in [0.717, 1.165) is 39.3 Å². The Balaban J connectivity index is 1.77. The minimum absolute atomic E-state index is 0.758. The summed E-state index contributed by atoms with van der Waals surface area (Å²) < 4.78 is 17.8. The molecule has 0 N–H and O–H groups in total. The number of hydrogen-bond donors (Lipinski definition) is 0. The molecule has 3 aromatic carbocycles. The van der Waals surface area contributed by atoms with Gasteiger partial charge in [-0.1, -0.05) is 70.1 Å². The monoisotopic (exact) mass is 512 g/mol. The predicted octanol–water partition coefficient (Wildman–Crippen LogP) is 8.98. The maximum absolute atomic E-state index is 5.80. The summed E-state index contributed by atoms with van der Waals surface area (Å²) in [7, 11) is 5.07. The molecule has 0 unspecified atom stereocenters. The van der Waals surface area contributed by atoms with Crippen LogP contribution in [-0.4, -0.2) is 21.3 Å². The van der Waals surface area contributed by atoms with Gasteiger partial charge in [-0.05, 0) is 69.4 Å². The molecule has 0 aliphatic rings. The van der Waals surface area contributed by atoms with Gasteiger partial charge in [-0.3, -0.25) is 0 Å². The van der Waals surface area contributed by atoms with E-state index in [4.69, 9.17) is 14.2 Å². The van der Waals surface area contributed by atoms with Crippen LogP contribution in [0.2, 0.25) is 0 Å². The zero-order valence-corrected chi connectivity index (χ0v) is 22.1. The Kier molecular flexibility index (Phi) is 9.93. The van der Waals surface area contributed by atoms with Crippen molar-refractivity contribution in [1.29, 1.82) is 0 Å². The number of methoxy groups -OCH3 is 3. The average Bonchev–Trinajstić information content (AvgIpc) is 2.84. The predicted molar refractivity (Wildman–Crippen MR) is 143 cm³/mol. The fourth-order valence-corrected chi connectivity index (χ4v) is 4.88. The van der Waals surface area contributed by atoms with Crippen molar-refractivity contribution < 1.29 is 14.2 Å². The highest BCUT2D eigenvalue weighted by Gasteiger charge is 2.16. The van der Waals surface area contributed by atoms with Crippen LogP contribution in [0.1, 0.15) is 63.9 Å². The molecule has 0 heterocycles. The molecule has 0 aromatic heterocycles. The van der Waals surface area contributed by atoms with Gasteiger partial charge in [-0.15, -0.1) is 0 Å². The minimum Gasteiger partial charge on any atom is -0.496 e. The molecule has 0 aliphatic carbocycles. The van der Waals surface area contributed by atoms with Crippen molar-refractivity contribution in [2.75, 3.05) is 21.3 Å². The second-order valence-electron chi connectivity index (χ2n) is 8.65. The van der Waals surface area contributed by atoms with Gasteiger partial charge < -0.3 is 14.2 Å². The lowest BCUT2D eigenvalue weighted by atomic mass is 9.96. The highest BCUT2D eigenvalue weighted by atomic mass is 79.9. The molecule has 0 bridgehead atoms. The number of aryl methyl sites for hydroxylation is 1. The van der Waals surface area contributed by atoms with Crippen LogP contribution in [0.5, 0.6) is 17.2 Å². The second kappa shape index (κ2) is 12.9.